The highest BCUT2D eigenvalue weighted by atomic mass is 16.5. The van der Waals surface area contributed by atoms with Crippen molar-refractivity contribution in [1.29, 1.82) is 0 Å². The van der Waals surface area contributed by atoms with Crippen molar-refractivity contribution in [3.63, 3.8) is 0 Å². The molecule has 0 atom stereocenters. The van der Waals surface area contributed by atoms with Crippen molar-refractivity contribution >= 4 is 5.97 Å². The van der Waals surface area contributed by atoms with Gasteiger partial charge in [-0.15, -0.1) is 0 Å². The van der Waals surface area contributed by atoms with E-state index in [9.17, 15) is 4.79 Å². The van der Waals surface area contributed by atoms with Crippen LogP contribution in [0, 0.1) is 6.92 Å². The summed E-state index contributed by atoms with van der Waals surface area (Å²) in [5.41, 5.74) is 0.606. The van der Waals surface area contributed by atoms with Crippen molar-refractivity contribution in [1.82, 2.24) is 0 Å². The summed E-state index contributed by atoms with van der Waals surface area (Å²) < 4.78 is 15.7. The van der Waals surface area contributed by atoms with Crippen LogP contribution in [0.4, 0.5) is 0 Å². The number of rotatable bonds is 7. The van der Waals surface area contributed by atoms with E-state index in [1.165, 1.54) is 0 Å². The molecule has 96 valence electrons. The summed E-state index contributed by atoms with van der Waals surface area (Å²) in [5.74, 6) is -0.566. The van der Waals surface area contributed by atoms with Gasteiger partial charge in [-0.2, -0.15) is 0 Å². The van der Waals surface area contributed by atoms with E-state index in [1.54, 1.807) is 13.0 Å². The third kappa shape index (κ3) is 4.58. The van der Waals surface area contributed by atoms with Gasteiger partial charge in [0, 0.05) is 5.56 Å². The van der Waals surface area contributed by atoms with Crippen LogP contribution in [0.25, 0.3) is 0 Å². The maximum Gasteiger partial charge on any atom is 0.372 e. The summed E-state index contributed by atoms with van der Waals surface area (Å²) in [6.07, 6.45) is 0.183. The molecule has 0 saturated heterocycles. The second-order valence-corrected chi connectivity index (χ2v) is 4.00. The number of carboxylic acid groups (broad SMARTS) is 1. The molecule has 1 aromatic rings. The smallest absolute Gasteiger partial charge is 0.372 e. The van der Waals surface area contributed by atoms with E-state index >= 15 is 0 Å². The van der Waals surface area contributed by atoms with Crippen LogP contribution in [0.15, 0.2) is 10.5 Å². The summed E-state index contributed by atoms with van der Waals surface area (Å²) in [6.45, 7) is 6.83. The first-order valence-corrected chi connectivity index (χ1v) is 5.52. The Bertz CT molecular complexity index is 367. The molecule has 0 amide bonds. The van der Waals surface area contributed by atoms with Crippen molar-refractivity contribution in [2.24, 2.45) is 0 Å². The Kier molecular flexibility index (Phi) is 5.18. The molecule has 0 fully saturated rings. The van der Waals surface area contributed by atoms with Gasteiger partial charge in [0.25, 0.3) is 0 Å². The van der Waals surface area contributed by atoms with E-state index in [1.807, 2.05) is 13.8 Å². The minimum absolute atomic E-state index is 0.0259. The first-order chi connectivity index (χ1) is 8.00. The van der Waals surface area contributed by atoms with Crippen molar-refractivity contribution in [3.05, 3.63) is 23.2 Å². The van der Waals surface area contributed by atoms with Crippen LogP contribution >= 0.6 is 0 Å². The molecule has 0 unspecified atom stereocenters. The molecule has 0 bridgehead atoms. The summed E-state index contributed by atoms with van der Waals surface area (Å²) in [6, 6.07) is 1.67. The van der Waals surface area contributed by atoms with Gasteiger partial charge in [-0.1, -0.05) is 0 Å². The topological polar surface area (TPSA) is 68.9 Å². The zero-order chi connectivity index (χ0) is 12.8. The van der Waals surface area contributed by atoms with E-state index < -0.39 is 5.97 Å². The molecule has 0 aliphatic carbocycles. The maximum atomic E-state index is 10.7. The summed E-state index contributed by atoms with van der Waals surface area (Å²) in [7, 11) is 0. The first-order valence-electron chi connectivity index (χ1n) is 5.52. The zero-order valence-electron chi connectivity index (χ0n) is 10.4. The minimum atomic E-state index is -1.06. The lowest BCUT2D eigenvalue weighted by Gasteiger charge is -2.06. The fraction of sp³-hybridized carbons (Fsp3) is 0.583. The molecule has 5 heteroatoms. The Morgan fingerprint density at radius 3 is 2.71 bits per heavy atom. The molecule has 0 aliphatic rings. The zero-order valence-corrected chi connectivity index (χ0v) is 10.4. The number of carbonyl (C=O) groups is 1. The highest BCUT2D eigenvalue weighted by Gasteiger charge is 2.13. The molecule has 17 heavy (non-hydrogen) atoms. The first kappa shape index (κ1) is 13.7. The average Bonchev–Trinajstić information content (AvgIpc) is 2.59. The lowest BCUT2D eigenvalue weighted by atomic mass is 10.3. The van der Waals surface area contributed by atoms with Gasteiger partial charge >= 0.3 is 5.97 Å². The molecular formula is C12H18O5. The molecular weight excluding hydrogens is 224 g/mol. The quantitative estimate of drug-likeness (QED) is 0.742. The second-order valence-electron chi connectivity index (χ2n) is 4.00. The number of hydrogen-bond acceptors (Lipinski definition) is 4. The molecule has 0 radical (unpaired) electrons. The van der Waals surface area contributed by atoms with Crippen molar-refractivity contribution in [2.45, 2.75) is 33.5 Å². The number of aromatic carboxylic acids is 1. The summed E-state index contributed by atoms with van der Waals surface area (Å²) in [4.78, 5) is 10.7. The number of aryl methyl sites for hydroxylation is 1. The van der Waals surface area contributed by atoms with Gasteiger partial charge in [0.05, 0.1) is 19.3 Å². The van der Waals surface area contributed by atoms with E-state index in [4.69, 9.17) is 19.0 Å². The Morgan fingerprint density at radius 2 is 2.18 bits per heavy atom. The monoisotopic (exact) mass is 242 g/mol. The second kappa shape index (κ2) is 6.42. The normalized spacial score (nSPS) is 11.1. The number of ether oxygens (including phenoxy) is 2. The van der Waals surface area contributed by atoms with Gasteiger partial charge in [0.2, 0.25) is 5.76 Å². The average molecular weight is 242 g/mol. The SMILES string of the molecule is Cc1cc(COCCOC(C)C)oc1C(=O)O. The Morgan fingerprint density at radius 1 is 1.47 bits per heavy atom. The van der Waals surface area contributed by atoms with E-state index in [-0.39, 0.29) is 18.5 Å². The van der Waals surface area contributed by atoms with E-state index in [2.05, 4.69) is 0 Å². The van der Waals surface area contributed by atoms with E-state index in [0.29, 0.717) is 24.5 Å². The molecule has 1 aromatic heterocycles. The van der Waals surface area contributed by atoms with Crippen LogP contribution in [0.1, 0.15) is 35.7 Å². The van der Waals surface area contributed by atoms with Gasteiger partial charge in [-0.25, -0.2) is 4.79 Å². The van der Waals surface area contributed by atoms with Gasteiger partial charge in [0.1, 0.15) is 12.4 Å². The van der Waals surface area contributed by atoms with Crippen molar-refractivity contribution in [3.8, 4) is 0 Å². The summed E-state index contributed by atoms with van der Waals surface area (Å²) in [5, 5.41) is 8.80. The molecule has 0 spiro atoms. The molecule has 1 rings (SSSR count). The van der Waals surface area contributed by atoms with Crippen LogP contribution in [0.2, 0.25) is 0 Å². The van der Waals surface area contributed by atoms with Crippen LogP contribution in [-0.2, 0) is 16.1 Å². The predicted octanol–water partition coefficient (Wildman–Crippen LogP) is 2.23. The highest BCUT2D eigenvalue weighted by Crippen LogP contribution is 2.15. The van der Waals surface area contributed by atoms with Crippen LogP contribution in [-0.4, -0.2) is 30.4 Å². The molecule has 0 saturated carbocycles. The van der Waals surface area contributed by atoms with Gasteiger partial charge in [-0.3, -0.25) is 0 Å². The molecule has 0 aromatic carbocycles. The molecule has 5 nitrogen and oxygen atoms in total. The van der Waals surface area contributed by atoms with Gasteiger partial charge in [-0.05, 0) is 26.8 Å². The Balaban J connectivity index is 2.32. The fourth-order valence-electron chi connectivity index (χ4n) is 1.35. The Hall–Kier alpha value is -1.33. The van der Waals surface area contributed by atoms with Crippen LogP contribution < -0.4 is 0 Å². The molecule has 1 N–H and O–H groups in total. The third-order valence-corrected chi connectivity index (χ3v) is 2.09. The number of hydrogen-bond donors (Lipinski definition) is 1. The van der Waals surface area contributed by atoms with E-state index in [0.717, 1.165) is 0 Å². The summed E-state index contributed by atoms with van der Waals surface area (Å²) >= 11 is 0. The van der Waals surface area contributed by atoms with Crippen molar-refractivity contribution in [2.75, 3.05) is 13.2 Å². The van der Waals surface area contributed by atoms with Gasteiger partial charge in [0.15, 0.2) is 0 Å². The van der Waals surface area contributed by atoms with Crippen LogP contribution in [0.5, 0.6) is 0 Å². The van der Waals surface area contributed by atoms with Crippen molar-refractivity contribution < 1.29 is 23.8 Å². The number of carboxylic acids is 1. The standard InChI is InChI=1S/C12H18O5/c1-8(2)16-5-4-15-7-10-6-9(3)11(17-10)12(13)14/h6,8H,4-5,7H2,1-3H3,(H,13,14). The molecule has 0 aliphatic heterocycles. The lowest BCUT2D eigenvalue weighted by Crippen LogP contribution is -2.09. The maximum absolute atomic E-state index is 10.7. The third-order valence-electron chi connectivity index (χ3n) is 2.09. The fourth-order valence-corrected chi connectivity index (χ4v) is 1.35. The van der Waals surface area contributed by atoms with Crippen LogP contribution in [0.3, 0.4) is 0 Å². The Labute approximate surface area is 100 Å². The predicted molar refractivity (Wildman–Crippen MR) is 61.1 cm³/mol. The minimum Gasteiger partial charge on any atom is -0.475 e. The molecule has 1 heterocycles. The largest absolute Gasteiger partial charge is 0.475 e. The number of furan rings is 1. The highest BCUT2D eigenvalue weighted by molar-refractivity contribution is 5.86. The van der Waals surface area contributed by atoms with Gasteiger partial charge < -0.3 is 19.0 Å². The lowest BCUT2D eigenvalue weighted by molar-refractivity contribution is 0.00997.